The highest BCUT2D eigenvalue weighted by Gasteiger charge is 2.70. The molecule has 5 amide bonds. The van der Waals surface area contributed by atoms with Gasteiger partial charge in [-0.15, -0.1) is 0 Å². The zero-order valence-electron chi connectivity index (χ0n) is 33.4. The molecule has 4 saturated carbocycles. The highest BCUT2D eigenvalue weighted by Crippen LogP contribution is 2.65. The summed E-state index contributed by atoms with van der Waals surface area (Å²) in [4.78, 5) is 71.2. The minimum Gasteiger partial charge on any atom is -0.347 e. The number of likely N-dealkylation sites (tertiary alicyclic amines) is 1. The molecule has 300 valence electrons. The van der Waals surface area contributed by atoms with Crippen molar-refractivity contribution >= 4 is 39.4 Å². The van der Waals surface area contributed by atoms with E-state index in [9.17, 15) is 32.4 Å². The molecule has 13 heteroatoms. The monoisotopic (exact) mass is 761 g/mol. The van der Waals surface area contributed by atoms with Gasteiger partial charge in [-0.1, -0.05) is 86.0 Å². The Bertz CT molecular complexity index is 1510. The molecule has 0 radical (unpaired) electrons. The number of nitrogens with one attached hydrogen (secondary N) is 4. The van der Waals surface area contributed by atoms with E-state index in [0.717, 1.165) is 70.6 Å². The molecule has 5 aliphatic rings. The first-order chi connectivity index (χ1) is 24.8. The quantitative estimate of drug-likeness (QED) is 0.162. The molecule has 1 aliphatic heterocycles. The van der Waals surface area contributed by atoms with Crippen LogP contribution in [-0.4, -0.2) is 89.6 Å². The number of amides is 5. The number of fused-ring (bicyclic) bond motifs is 1. The molecule has 4 aliphatic carbocycles. The second-order valence-electron chi connectivity index (χ2n) is 18.7. The van der Waals surface area contributed by atoms with Gasteiger partial charge in [0.15, 0.2) is 9.84 Å². The maximum Gasteiger partial charge on any atom is 0.315 e. The van der Waals surface area contributed by atoms with E-state index in [1.54, 1.807) is 18.7 Å². The number of unbranched alkanes of at least 4 members (excludes halogenated alkanes) is 1. The largest absolute Gasteiger partial charge is 0.347 e. The van der Waals surface area contributed by atoms with Gasteiger partial charge < -0.3 is 26.2 Å². The van der Waals surface area contributed by atoms with Crippen LogP contribution < -0.4 is 21.3 Å². The van der Waals surface area contributed by atoms with Crippen LogP contribution in [0.25, 0.3) is 0 Å². The highest BCUT2D eigenvalue weighted by molar-refractivity contribution is 7.92. The van der Waals surface area contributed by atoms with E-state index in [1.165, 1.54) is 0 Å². The van der Waals surface area contributed by atoms with Gasteiger partial charge in [0.05, 0.1) is 22.1 Å². The Hall–Kier alpha value is -2.70. The molecule has 5 rings (SSSR count). The first-order valence-electron chi connectivity index (χ1n) is 20.6. The van der Waals surface area contributed by atoms with Crippen molar-refractivity contribution in [2.45, 2.75) is 186 Å². The maximum atomic E-state index is 15.0. The summed E-state index contributed by atoms with van der Waals surface area (Å²) in [7, 11) is -3.58. The Kier molecular flexibility index (Phi) is 12.4. The Morgan fingerprint density at radius 2 is 1.47 bits per heavy atom. The minimum atomic E-state index is -3.58. The average Bonchev–Trinajstić information content (AvgIpc) is 3.95. The molecule has 0 bridgehead atoms. The molecular weight excluding hydrogens is 695 g/mol. The number of nitrogens with zero attached hydrogens (tertiary/aromatic N) is 1. The molecule has 0 aromatic rings. The van der Waals surface area contributed by atoms with Crippen LogP contribution in [0.2, 0.25) is 0 Å². The Morgan fingerprint density at radius 1 is 0.868 bits per heavy atom. The standard InChI is InChI=1S/C40H67N5O7S/c1-8-10-17-28(31(46)34(48)41-26-18-19-26)42-33(47)30-29-27(38(29,5)6)24-45(30)35(49)32(39(7)20-13-11-14-21-39)43-36(50)44-40(22-15-12-16-23-40)25-53(51,52)37(3,4)9-2/h26-30,32H,8-25H2,1-7H3,(H,41,48)(H,42,47)(H2,43,44,50)/t27-,28?,29-,30-,32+/m0/s1. The zero-order valence-corrected chi connectivity index (χ0v) is 34.2. The Morgan fingerprint density at radius 3 is 2.04 bits per heavy atom. The second-order valence-corrected chi connectivity index (χ2v) is 21.3. The molecule has 0 aromatic heterocycles. The average molecular weight is 762 g/mol. The summed E-state index contributed by atoms with van der Waals surface area (Å²) in [5.41, 5.74) is -1.71. The van der Waals surface area contributed by atoms with Gasteiger partial charge in [-0.05, 0) is 87.9 Å². The first kappa shape index (κ1) is 41.5. The highest BCUT2D eigenvalue weighted by atomic mass is 32.2. The van der Waals surface area contributed by atoms with Gasteiger partial charge in [0.1, 0.15) is 12.1 Å². The number of hydrogen-bond donors (Lipinski definition) is 4. The fourth-order valence-corrected chi connectivity index (χ4v) is 11.4. The van der Waals surface area contributed by atoms with Crippen molar-refractivity contribution in [3.63, 3.8) is 0 Å². The van der Waals surface area contributed by atoms with Gasteiger partial charge in [-0.3, -0.25) is 19.2 Å². The van der Waals surface area contributed by atoms with Gasteiger partial charge in [0.25, 0.3) is 5.91 Å². The van der Waals surface area contributed by atoms with E-state index in [2.05, 4.69) is 35.1 Å². The Labute approximate surface area is 317 Å². The molecular formula is C40H67N5O7S. The number of sulfone groups is 1. The molecule has 5 fully saturated rings. The predicted molar refractivity (Wildman–Crippen MR) is 205 cm³/mol. The van der Waals surface area contributed by atoms with Crippen LogP contribution >= 0.6 is 0 Å². The van der Waals surface area contributed by atoms with Gasteiger partial charge in [-0.25, -0.2) is 13.2 Å². The molecule has 53 heavy (non-hydrogen) atoms. The maximum absolute atomic E-state index is 15.0. The smallest absolute Gasteiger partial charge is 0.315 e. The molecule has 5 atom stereocenters. The van der Waals surface area contributed by atoms with Crippen molar-refractivity contribution in [2.24, 2.45) is 22.7 Å². The van der Waals surface area contributed by atoms with Crippen molar-refractivity contribution in [1.29, 1.82) is 0 Å². The minimum absolute atomic E-state index is 0.00769. The van der Waals surface area contributed by atoms with Crippen LogP contribution in [0.5, 0.6) is 0 Å². The third-order valence-corrected chi connectivity index (χ3v) is 16.8. The van der Waals surface area contributed by atoms with E-state index in [1.807, 2.05) is 20.8 Å². The zero-order chi connectivity index (χ0) is 39.0. The van der Waals surface area contributed by atoms with Crippen LogP contribution in [0, 0.1) is 22.7 Å². The summed E-state index contributed by atoms with van der Waals surface area (Å²) in [6.07, 6.45) is 11.8. The number of ketones is 1. The van der Waals surface area contributed by atoms with Crippen LogP contribution in [0.15, 0.2) is 0 Å². The molecule has 4 N–H and O–H groups in total. The van der Waals surface area contributed by atoms with Gasteiger partial charge in [-0.2, -0.15) is 0 Å². The molecule has 1 heterocycles. The molecule has 12 nitrogen and oxygen atoms in total. The number of carbonyl (C=O) groups is 5. The van der Waals surface area contributed by atoms with E-state index in [0.29, 0.717) is 38.6 Å². The predicted octanol–water partition coefficient (Wildman–Crippen LogP) is 4.94. The first-order valence-corrected chi connectivity index (χ1v) is 22.2. The van der Waals surface area contributed by atoms with Crippen molar-refractivity contribution < 1.29 is 32.4 Å². The topological polar surface area (TPSA) is 171 Å². The Balaban J connectivity index is 1.39. The summed E-state index contributed by atoms with van der Waals surface area (Å²) >= 11 is 0. The third-order valence-electron chi connectivity index (χ3n) is 13.9. The van der Waals surface area contributed by atoms with Crippen LogP contribution in [0.3, 0.4) is 0 Å². The lowest BCUT2D eigenvalue weighted by molar-refractivity contribution is -0.146. The summed E-state index contributed by atoms with van der Waals surface area (Å²) < 4.78 is 26.4. The van der Waals surface area contributed by atoms with Crippen LogP contribution in [0.1, 0.15) is 151 Å². The number of piperidine rings is 1. The summed E-state index contributed by atoms with van der Waals surface area (Å²) in [5.74, 6) is -2.31. The fraction of sp³-hybridized carbons (Fsp3) is 0.875. The van der Waals surface area contributed by atoms with Gasteiger partial charge in [0, 0.05) is 12.6 Å². The number of rotatable bonds is 16. The fourth-order valence-electron chi connectivity index (χ4n) is 9.46. The molecule has 1 saturated heterocycles. The van der Waals surface area contributed by atoms with Gasteiger partial charge >= 0.3 is 6.03 Å². The van der Waals surface area contributed by atoms with E-state index < -0.39 is 67.3 Å². The SMILES string of the molecule is CCCCC(NC(=O)[C@@H]1[C@@H]2[C@H](CN1C(=O)[C@@H](NC(=O)NC1(CS(=O)(=O)C(C)(C)CC)CCCCC1)C1(C)CCCCC1)C2(C)C)C(=O)C(=O)NC1CC1. The summed E-state index contributed by atoms with van der Waals surface area (Å²) in [6.45, 7) is 13.9. The van der Waals surface area contributed by atoms with Crippen molar-refractivity contribution in [3.05, 3.63) is 0 Å². The second kappa shape index (κ2) is 15.8. The lowest BCUT2D eigenvalue weighted by Gasteiger charge is -2.44. The van der Waals surface area contributed by atoms with Crippen molar-refractivity contribution in [3.8, 4) is 0 Å². The van der Waals surface area contributed by atoms with Crippen LogP contribution in [0.4, 0.5) is 4.79 Å². The number of urea groups is 1. The molecule has 0 spiro atoms. The summed E-state index contributed by atoms with van der Waals surface area (Å²) in [6, 6.07) is -3.33. The number of hydrogen-bond acceptors (Lipinski definition) is 7. The summed E-state index contributed by atoms with van der Waals surface area (Å²) in [5, 5.41) is 11.9. The van der Waals surface area contributed by atoms with E-state index in [-0.39, 0.29) is 35.0 Å². The molecule has 0 aromatic carbocycles. The third kappa shape index (κ3) is 8.90. The van der Waals surface area contributed by atoms with Crippen LogP contribution in [-0.2, 0) is 29.0 Å². The molecule has 1 unspecified atom stereocenters. The van der Waals surface area contributed by atoms with Crippen molar-refractivity contribution in [2.75, 3.05) is 12.3 Å². The number of carbonyl (C=O) groups excluding carboxylic acids is 5. The van der Waals surface area contributed by atoms with Gasteiger partial charge in [0.2, 0.25) is 17.6 Å². The van der Waals surface area contributed by atoms with E-state index >= 15 is 0 Å². The van der Waals surface area contributed by atoms with E-state index in [4.69, 9.17) is 0 Å². The lowest BCUT2D eigenvalue weighted by Crippen LogP contribution is -2.65. The van der Waals surface area contributed by atoms with Crippen molar-refractivity contribution in [1.82, 2.24) is 26.2 Å². The number of Topliss-reactive ketones (excluding diaryl/α,β-unsaturated/α-hetero) is 1. The normalized spacial score (nSPS) is 27.1. The lowest BCUT2D eigenvalue weighted by atomic mass is 9.70.